The van der Waals surface area contributed by atoms with Crippen LogP contribution in [-0.4, -0.2) is 87.2 Å². The number of amides is 4. The average molecular weight is 843 g/mol. The van der Waals surface area contributed by atoms with Crippen LogP contribution in [0.25, 0.3) is 33.6 Å². The Morgan fingerprint density at radius 2 is 1.05 bits per heavy atom. The minimum atomic E-state index is -1.27. The van der Waals surface area contributed by atoms with E-state index in [1.165, 1.54) is 0 Å². The molecule has 6 N–H and O–H groups in total. The van der Waals surface area contributed by atoms with Crippen molar-refractivity contribution in [2.45, 2.75) is 38.0 Å². The predicted octanol–water partition coefficient (Wildman–Crippen LogP) is 7.92. The van der Waals surface area contributed by atoms with Crippen LogP contribution in [0.3, 0.4) is 0 Å². The lowest BCUT2D eigenvalue weighted by atomic mass is 9.92. The summed E-state index contributed by atoms with van der Waals surface area (Å²) in [7, 11) is 0. The third-order valence-corrected chi connectivity index (χ3v) is 13.1. The summed E-state index contributed by atoms with van der Waals surface area (Å²) < 4.78 is 0. The second-order valence-corrected chi connectivity index (χ2v) is 16.6. The third kappa shape index (κ3) is 8.20. The number of carboxylic acid groups (broad SMARTS) is 2. The molecule has 0 unspecified atom stereocenters. The van der Waals surface area contributed by atoms with E-state index < -0.39 is 24.3 Å². The van der Waals surface area contributed by atoms with Crippen LogP contribution in [0.4, 0.5) is 9.59 Å². The van der Waals surface area contributed by atoms with Gasteiger partial charge in [0.15, 0.2) is 0 Å². The second-order valence-electron chi connectivity index (χ2n) is 14.6. The lowest BCUT2D eigenvalue weighted by Gasteiger charge is -2.27. The fourth-order valence-electron chi connectivity index (χ4n) is 7.77. The number of nitrogens with one attached hydrogen (secondary N) is 4. The van der Waals surface area contributed by atoms with Crippen LogP contribution in [0, 0.1) is 13.8 Å². The molecule has 4 atom stereocenters. The first-order valence-electron chi connectivity index (χ1n) is 19.2. The molecule has 0 aliphatic carbocycles. The molecular weight excluding hydrogens is 801 g/mol. The number of carbonyl (C=O) groups excluding carboxylic acids is 2. The lowest BCUT2D eigenvalue weighted by molar-refractivity contribution is -0.134. The normalized spacial score (nSPS) is 17.3. The van der Waals surface area contributed by atoms with Gasteiger partial charge in [-0.05, 0) is 52.8 Å². The van der Waals surface area contributed by atoms with Crippen molar-refractivity contribution in [1.82, 2.24) is 40.4 Å². The highest BCUT2D eigenvalue weighted by Gasteiger charge is 2.39. The maximum atomic E-state index is 13.8. The van der Waals surface area contributed by atoms with Crippen molar-refractivity contribution >= 4 is 47.5 Å². The van der Waals surface area contributed by atoms with E-state index in [0.717, 1.165) is 44.8 Å². The van der Waals surface area contributed by atoms with E-state index in [0.29, 0.717) is 46.0 Å². The Kier molecular flexibility index (Phi) is 11.7. The van der Waals surface area contributed by atoms with Crippen molar-refractivity contribution in [3.8, 4) is 33.6 Å². The van der Waals surface area contributed by atoms with Gasteiger partial charge in [0.05, 0.1) is 47.6 Å². The molecule has 0 saturated carbocycles. The molecule has 2 aliphatic heterocycles. The number of H-pyrrole nitrogens is 2. The van der Waals surface area contributed by atoms with Gasteiger partial charge in [-0.15, -0.1) is 23.5 Å². The highest BCUT2D eigenvalue weighted by molar-refractivity contribution is 7.99. The van der Waals surface area contributed by atoms with Crippen LogP contribution < -0.4 is 10.6 Å². The molecular formula is C44H42N8O6S2. The van der Waals surface area contributed by atoms with E-state index in [1.54, 1.807) is 94.2 Å². The SMILES string of the molecule is Cc1c(-c2ccc(-c3cnc([C@@H]4CSCN4C(=O)[C@H](NC(=O)O)c4ccccc4)[nH]3)cc2)ccc(-c2cnc([C@@H]3CSCN3C(=O)[C@H](NC(=O)O)c3ccccc3)[nH]2)c1C. The molecule has 4 heterocycles. The molecule has 2 saturated heterocycles. The second kappa shape index (κ2) is 17.4. The van der Waals surface area contributed by atoms with E-state index in [2.05, 4.69) is 63.7 Å². The fourth-order valence-corrected chi connectivity index (χ4v) is 10.1. The van der Waals surface area contributed by atoms with E-state index >= 15 is 0 Å². The van der Waals surface area contributed by atoms with Crippen molar-refractivity contribution in [1.29, 1.82) is 0 Å². The van der Waals surface area contributed by atoms with Gasteiger partial charge in [0.25, 0.3) is 11.8 Å². The van der Waals surface area contributed by atoms with Gasteiger partial charge in [0.2, 0.25) is 0 Å². The molecule has 2 fully saturated rings. The molecule has 14 nitrogen and oxygen atoms in total. The molecule has 60 heavy (non-hydrogen) atoms. The summed E-state index contributed by atoms with van der Waals surface area (Å²) in [6.45, 7) is 4.17. The Morgan fingerprint density at radius 3 is 1.55 bits per heavy atom. The molecule has 306 valence electrons. The van der Waals surface area contributed by atoms with Crippen LogP contribution in [0.5, 0.6) is 0 Å². The van der Waals surface area contributed by atoms with E-state index in [1.807, 2.05) is 24.3 Å². The Bertz CT molecular complexity index is 2530. The molecule has 4 amide bonds. The van der Waals surface area contributed by atoms with Crippen molar-refractivity contribution < 1.29 is 29.4 Å². The van der Waals surface area contributed by atoms with Crippen LogP contribution in [0.15, 0.2) is 109 Å². The van der Waals surface area contributed by atoms with Crippen molar-refractivity contribution in [2.75, 3.05) is 23.3 Å². The van der Waals surface area contributed by atoms with Gasteiger partial charge >= 0.3 is 12.2 Å². The lowest BCUT2D eigenvalue weighted by Crippen LogP contribution is -2.42. The number of benzene rings is 4. The third-order valence-electron chi connectivity index (χ3n) is 11.0. The first kappa shape index (κ1) is 40.3. The molecule has 8 rings (SSSR count). The number of hydrogen-bond acceptors (Lipinski definition) is 8. The standard InChI is InChI=1S/C44H42N8O6S2/c1-25-26(2)32(34-20-46-40(48-34)36-22-60-24-52(36)42(54)38(50-44(57)58)30-11-7-4-8-12-30)18-17-31(25)27-13-15-28(16-14-27)33-19-45-39(47-33)35-21-59-23-51(35)41(53)37(49-43(55)56)29-9-5-3-6-10-29/h3-20,35-38,49-50H,21-24H2,1-2H3,(H,45,47)(H,46,48)(H,55,56)(H,57,58)/t35-,36-,37+,38+/m0/s1. The quantitative estimate of drug-likeness (QED) is 0.0746. The maximum Gasteiger partial charge on any atom is 0.405 e. The molecule has 0 radical (unpaired) electrons. The zero-order chi connectivity index (χ0) is 41.9. The van der Waals surface area contributed by atoms with Crippen LogP contribution >= 0.6 is 23.5 Å². The summed E-state index contributed by atoms with van der Waals surface area (Å²) in [4.78, 5) is 70.5. The highest BCUT2D eigenvalue weighted by atomic mass is 32.2. The fraction of sp³-hybridized carbons (Fsp3) is 0.227. The van der Waals surface area contributed by atoms with Crippen LogP contribution in [0.1, 0.15) is 58.1 Å². The number of nitrogens with zero attached hydrogens (tertiary/aromatic N) is 4. The summed E-state index contributed by atoms with van der Waals surface area (Å²) in [5.74, 6) is 2.70. The van der Waals surface area contributed by atoms with Gasteiger partial charge in [-0.3, -0.25) is 9.59 Å². The maximum absolute atomic E-state index is 13.8. The number of imidazole rings is 2. The first-order chi connectivity index (χ1) is 29.1. The summed E-state index contributed by atoms with van der Waals surface area (Å²) in [6.07, 6.45) is 1.00. The summed E-state index contributed by atoms with van der Waals surface area (Å²) in [5, 5.41) is 23.8. The molecule has 6 aromatic rings. The Labute approximate surface area is 354 Å². The van der Waals surface area contributed by atoms with Crippen molar-refractivity contribution in [3.05, 3.63) is 143 Å². The number of carbonyl (C=O) groups is 4. The predicted molar refractivity (Wildman–Crippen MR) is 231 cm³/mol. The van der Waals surface area contributed by atoms with E-state index in [9.17, 15) is 29.4 Å². The molecule has 0 bridgehead atoms. The van der Waals surface area contributed by atoms with Gasteiger partial charge in [-0.25, -0.2) is 19.6 Å². The molecule has 16 heteroatoms. The Hall–Kier alpha value is -6.52. The smallest absolute Gasteiger partial charge is 0.405 e. The van der Waals surface area contributed by atoms with Crippen molar-refractivity contribution in [3.63, 3.8) is 0 Å². The number of aromatic amines is 2. The highest BCUT2D eigenvalue weighted by Crippen LogP contribution is 2.38. The Balaban J connectivity index is 0.967. The van der Waals surface area contributed by atoms with E-state index in [-0.39, 0.29) is 23.9 Å². The summed E-state index contributed by atoms with van der Waals surface area (Å²) in [5.41, 5.74) is 8.99. The van der Waals surface area contributed by atoms with E-state index in [4.69, 9.17) is 4.98 Å². The largest absolute Gasteiger partial charge is 0.465 e. The van der Waals surface area contributed by atoms with Crippen LogP contribution in [-0.2, 0) is 9.59 Å². The topological polar surface area (TPSA) is 197 Å². The zero-order valence-corrected chi connectivity index (χ0v) is 34.3. The van der Waals surface area contributed by atoms with Gasteiger partial charge < -0.3 is 40.6 Å². The number of hydrogen-bond donors (Lipinski definition) is 6. The first-order valence-corrected chi connectivity index (χ1v) is 21.5. The average Bonchev–Trinajstić information content (AvgIpc) is 4.10. The number of thioether (sulfide) groups is 2. The number of rotatable bonds is 11. The van der Waals surface area contributed by atoms with Crippen LogP contribution in [0.2, 0.25) is 0 Å². The van der Waals surface area contributed by atoms with Gasteiger partial charge in [0.1, 0.15) is 23.7 Å². The molecule has 4 aromatic carbocycles. The summed E-state index contributed by atoms with van der Waals surface area (Å²) in [6, 6.07) is 27.3. The Morgan fingerprint density at radius 1 is 0.617 bits per heavy atom. The monoisotopic (exact) mass is 842 g/mol. The van der Waals surface area contributed by atoms with Gasteiger partial charge in [-0.2, -0.15) is 0 Å². The molecule has 0 spiro atoms. The minimum Gasteiger partial charge on any atom is -0.465 e. The minimum absolute atomic E-state index is 0.331. The molecule has 2 aliphatic rings. The van der Waals surface area contributed by atoms with Gasteiger partial charge in [0, 0.05) is 17.1 Å². The molecule has 2 aromatic heterocycles. The summed E-state index contributed by atoms with van der Waals surface area (Å²) >= 11 is 3.19. The number of aromatic nitrogens is 4. The van der Waals surface area contributed by atoms with Crippen molar-refractivity contribution in [2.24, 2.45) is 0 Å². The van der Waals surface area contributed by atoms with Gasteiger partial charge in [-0.1, -0.05) is 97.1 Å². The zero-order valence-electron chi connectivity index (χ0n) is 32.7.